The summed E-state index contributed by atoms with van der Waals surface area (Å²) in [7, 11) is 0. The average molecular weight is 326 g/mol. The first-order valence-electron chi connectivity index (χ1n) is 5.79. The molecule has 2 rings (SSSR count). The lowest BCUT2D eigenvalue weighted by Gasteiger charge is -2.21. The van der Waals surface area contributed by atoms with Crippen molar-refractivity contribution in [2.45, 2.75) is 26.0 Å². The number of benzene rings is 1. The number of hydrogen-bond donors (Lipinski definition) is 1. The smallest absolute Gasteiger partial charge is 0.148 e. The van der Waals surface area contributed by atoms with E-state index in [0.29, 0.717) is 0 Å². The molecule has 0 aliphatic rings. The van der Waals surface area contributed by atoms with Crippen LogP contribution in [0, 0.1) is 6.92 Å². The Labute approximate surface area is 120 Å². The third-order valence-corrected chi connectivity index (χ3v) is 4.38. The normalized spacial score (nSPS) is 14.2. The van der Waals surface area contributed by atoms with Crippen molar-refractivity contribution in [1.29, 1.82) is 0 Å². The Hall–Kier alpha value is -0.840. The van der Waals surface area contributed by atoms with Crippen LogP contribution >= 0.6 is 27.3 Å². The fourth-order valence-electron chi connectivity index (χ4n) is 1.67. The van der Waals surface area contributed by atoms with Crippen molar-refractivity contribution in [2.24, 2.45) is 5.73 Å². The minimum absolute atomic E-state index is 0.0585. The number of aryl methyl sites for hydroxylation is 1. The highest BCUT2D eigenvalue weighted by molar-refractivity contribution is 9.10. The number of nitrogens with two attached hydrogens (primary N) is 1. The summed E-state index contributed by atoms with van der Waals surface area (Å²) in [4.78, 5) is 1.14. The number of thiophene rings is 1. The Morgan fingerprint density at radius 2 is 1.94 bits per heavy atom. The van der Waals surface area contributed by atoms with Gasteiger partial charge in [0, 0.05) is 20.8 Å². The molecule has 4 heteroatoms. The van der Waals surface area contributed by atoms with E-state index in [4.69, 9.17) is 10.5 Å². The predicted molar refractivity (Wildman–Crippen MR) is 80.2 cm³/mol. The van der Waals surface area contributed by atoms with Crippen molar-refractivity contribution in [2.75, 3.05) is 0 Å². The van der Waals surface area contributed by atoms with E-state index in [0.717, 1.165) is 15.1 Å². The van der Waals surface area contributed by atoms with Crippen molar-refractivity contribution >= 4 is 27.3 Å². The lowest BCUT2D eigenvalue weighted by Crippen LogP contribution is -2.28. The molecule has 96 valence electrons. The molecule has 2 unspecified atom stereocenters. The van der Waals surface area contributed by atoms with Crippen LogP contribution in [0.4, 0.5) is 0 Å². The van der Waals surface area contributed by atoms with Gasteiger partial charge in [-0.05, 0) is 48.0 Å². The van der Waals surface area contributed by atoms with Gasteiger partial charge in [-0.15, -0.1) is 11.3 Å². The van der Waals surface area contributed by atoms with Crippen LogP contribution in [0.1, 0.15) is 23.5 Å². The van der Waals surface area contributed by atoms with Gasteiger partial charge >= 0.3 is 0 Å². The maximum atomic E-state index is 6.02. The summed E-state index contributed by atoms with van der Waals surface area (Å²) < 4.78 is 7.06. The van der Waals surface area contributed by atoms with E-state index in [1.807, 2.05) is 36.6 Å². The lowest BCUT2D eigenvalue weighted by atomic mass is 10.1. The number of ether oxygens (including phenoxy) is 1. The van der Waals surface area contributed by atoms with Crippen molar-refractivity contribution < 1.29 is 4.74 Å². The standard InChI is InChI=1S/C14H16BrNOS/c1-9-3-5-12(6-4-9)17-14(10(2)16)13-7-11(15)8-18-13/h3-8,10,14H,16H2,1-2H3. The van der Waals surface area contributed by atoms with Gasteiger partial charge in [-0.25, -0.2) is 0 Å². The zero-order chi connectivity index (χ0) is 13.1. The molecule has 0 spiro atoms. The zero-order valence-corrected chi connectivity index (χ0v) is 12.8. The topological polar surface area (TPSA) is 35.2 Å². The van der Waals surface area contributed by atoms with Gasteiger partial charge in [0.05, 0.1) is 0 Å². The fraction of sp³-hybridized carbons (Fsp3) is 0.286. The van der Waals surface area contributed by atoms with Crippen molar-refractivity contribution in [3.05, 3.63) is 50.6 Å². The molecule has 0 radical (unpaired) electrons. The Bertz CT molecular complexity index is 507. The molecule has 0 aliphatic carbocycles. The minimum atomic E-state index is -0.107. The van der Waals surface area contributed by atoms with E-state index in [9.17, 15) is 0 Å². The number of hydrogen-bond acceptors (Lipinski definition) is 3. The van der Waals surface area contributed by atoms with Gasteiger partial charge in [-0.3, -0.25) is 0 Å². The Kier molecular flexibility index (Phi) is 4.43. The van der Waals surface area contributed by atoms with Gasteiger partial charge in [0.1, 0.15) is 11.9 Å². The lowest BCUT2D eigenvalue weighted by molar-refractivity contribution is 0.184. The van der Waals surface area contributed by atoms with Gasteiger partial charge < -0.3 is 10.5 Å². The summed E-state index contributed by atoms with van der Waals surface area (Å²) in [6.45, 7) is 4.02. The molecule has 18 heavy (non-hydrogen) atoms. The van der Waals surface area contributed by atoms with Crippen LogP contribution in [-0.2, 0) is 0 Å². The SMILES string of the molecule is Cc1ccc(OC(c2cc(Br)cs2)C(C)N)cc1. The number of rotatable bonds is 4. The molecule has 1 aromatic carbocycles. The molecule has 0 aliphatic heterocycles. The van der Waals surface area contributed by atoms with Crippen molar-refractivity contribution in [3.8, 4) is 5.75 Å². The van der Waals surface area contributed by atoms with Crippen LogP contribution in [-0.4, -0.2) is 6.04 Å². The van der Waals surface area contributed by atoms with E-state index in [-0.39, 0.29) is 12.1 Å². The molecule has 1 aromatic heterocycles. The summed E-state index contributed by atoms with van der Waals surface area (Å²) in [5.74, 6) is 0.854. The second kappa shape index (κ2) is 5.87. The summed E-state index contributed by atoms with van der Waals surface area (Å²) in [6.07, 6.45) is -0.107. The molecular weight excluding hydrogens is 310 g/mol. The maximum Gasteiger partial charge on any atom is 0.148 e. The van der Waals surface area contributed by atoms with Crippen LogP contribution in [0.25, 0.3) is 0 Å². The molecule has 2 N–H and O–H groups in total. The first-order valence-corrected chi connectivity index (χ1v) is 7.46. The molecule has 0 saturated carbocycles. The highest BCUT2D eigenvalue weighted by Gasteiger charge is 2.20. The molecule has 2 nitrogen and oxygen atoms in total. The van der Waals surface area contributed by atoms with Crippen LogP contribution in [0.3, 0.4) is 0 Å². The molecule has 0 saturated heterocycles. The second-order valence-electron chi connectivity index (χ2n) is 4.38. The first-order chi connectivity index (χ1) is 8.56. The quantitative estimate of drug-likeness (QED) is 0.910. The zero-order valence-electron chi connectivity index (χ0n) is 10.4. The summed E-state index contributed by atoms with van der Waals surface area (Å²) in [5.41, 5.74) is 7.24. The minimum Gasteiger partial charge on any atom is -0.483 e. The largest absolute Gasteiger partial charge is 0.483 e. The van der Waals surface area contributed by atoms with Gasteiger partial charge in [0.25, 0.3) is 0 Å². The summed E-state index contributed by atoms with van der Waals surface area (Å²) in [5, 5.41) is 2.04. The first kappa shape index (κ1) is 13.6. The van der Waals surface area contributed by atoms with E-state index in [1.165, 1.54) is 5.56 Å². The highest BCUT2D eigenvalue weighted by Crippen LogP contribution is 2.31. The monoisotopic (exact) mass is 325 g/mol. The third kappa shape index (κ3) is 3.34. The van der Waals surface area contributed by atoms with E-state index >= 15 is 0 Å². The molecule has 0 fully saturated rings. The molecule has 2 atom stereocenters. The van der Waals surface area contributed by atoms with Gasteiger partial charge in [0.2, 0.25) is 0 Å². The number of halogens is 1. The van der Waals surface area contributed by atoms with E-state index in [1.54, 1.807) is 11.3 Å². The van der Waals surface area contributed by atoms with Crippen LogP contribution in [0.2, 0.25) is 0 Å². The van der Waals surface area contributed by atoms with Gasteiger partial charge in [-0.2, -0.15) is 0 Å². The van der Waals surface area contributed by atoms with Gasteiger partial charge in [-0.1, -0.05) is 17.7 Å². The van der Waals surface area contributed by atoms with E-state index in [2.05, 4.69) is 28.9 Å². The average Bonchev–Trinajstić information content (AvgIpc) is 2.74. The predicted octanol–water partition coefficient (Wildman–Crippen LogP) is 4.29. The Balaban J connectivity index is 2.19. The van der Waals surface area contributed by atoms with Gasteiger partial charge in [0.15, 0.2) is 0 Å². The van der Waals surface area contributed by atoms with Crippen LogP contribution in [0.5, 0.6) is 5.75 Å². The summed E-state index contributed by atoms with van der Waals surface area (Å²) >= 11 is 5.12. The molecular formula is C14H16BrNOS. The van der Waals surface area contributed by atoms with Crippen molar-refractivity contribution in [3.63, 3.8) is 0 Å². The molecule has 0 bridgehead atoms. The second-order valence-corrected chi connectivity index (χ2v) is 6.24. The van der Waals surface area contributed by atoms with E-state index < -0.39 is 0 Å². The van der Waals surface area contributed by atoms with Crippen LogP contribution < -0.4 is 10.5 Å². The maximum absolute atomic E-state index is 6.02. The van der Waals surface area contributed by atoms with Crippen molar-refractivity contribution in [1.82, 2.24) is 0 Å². The Morgan fingerprint density at radius 1 is 1.28 bits per heavy atom. The Morgan fingerprint density at radius 3 is 2.44 bits per heavy atom. The van der Waals surface area contributed by atoms with Crippen LogP contribution in [0.15, 0.2) is 40.2 Å². The fourth-order valence-corrected chi connectivity index (χ4v) is 3.25. The summed E-state index contributed by atoms with van der Waals surface area (Å²) in [6, 6.07) is 10.0. The molecule has 2 aromatic rings. The molecule has 1 heterocycles. The molecule has 0 amide bonds. The third-order valence-electron chi connectivity index (χ3n) is 2.63. The highest BCUT2D eigenvalue weighted by atomic mass is 79.9.